The summed E-state index contributed by atoms with van der Waals surface area (Å²) in [5.41, 5.74) is 1.81. The van der Waals surface area contributed by atoms with Crippen LogP contribution >= 0.6 is 12.4 Å². The zero-order valence-electron chi connectivity index (χ0n) is 25.8. The van der Waals surface area contributed by atoms with Crippen molar-refractivity contribution < 1.29 is 39.9 Å². The van der Waals surface area contributed by atoms with Gasteiger partial charge in [-0.15, -0.1) is 12.4 Å². The summed E-state index contributed by atoms with van der Waals surface area (Å²) in [5.74, 6) is 0.140. The maximum atomic E-state index is 13.3. The molecule has 0 fully saturated rings. The number of nitrogens with zero attached hydrogens (tertiary/aromatic N) is 1. The quantitative estimate of drug-likeness (QED) is 0.157. The van der Waals surface area contributed by atoms with E-state index < -0.39 is 31.3 Å². The number of nitrogens with one attached hydrogen (secondary N) is 1. The highest BCUT2D eigenvalue weighted by Gasteiger charge is 2.27. The van der Waals surface area contributed by atoms with Crippen molar-refractivity contribution in [2.45, 2.75) is 51.7 Å². The van der Waals surface area contributed by atoms with Crippen LogP contribution in [0.4, 0.5) is 8.78 Å². The van der Waals surface area contributed by atoms with E-state index >= 15 is 0 Å². The molecule has 0 spiro atoms. The SMILES string of the molecule is C.CNCC1CCOc2cc(S(=O)(=O)c3cccc(F)c3)ccc21.Cl.O=C=NCC1CCOc2cc(S(=O)(=O)c3cccc(F)c3)ccc21. The van der Waals surface area contributed by atoms with Gasteiger partial charge in [-0.2, -0.15) is 0 Å². The van der Waals surface area contributed by atoms with Crippen LogP contribution < -0.4 is 14.8 Å². The normalized spacial score (nSPS) is 16.3. The van der Waals surface area contributed by atoms with E-state index in [9.17, 15) is 30.4 Å². The summed E-state index contributed by atoms with van der Waals surface area (Å²) in [6.45, 7) is 2.07. The zero-order valence-corrected chi connectivity index (χ0v) is 28.2. The molecule has 0 amide bonds. The van der Waals surface area contributed by atoms with E-state index in [4.69, 9.17) is 9.47 Å². The van der Waals surface area contributed by atoms with Gasteiger partial charge in [0, 0.05) is 18.4 Å². The summed E-state index contributed by atoms with van der Waals surface area (Å²) in [4.78, 5) is 13.9. The lowest BCUT2D eigenvalue weighted by atomic mass is 9.93. The number of rotatable bonds is 8. The van der Waals surface area contributed by atoms with E-state index in [1.807, 2.05) is 7.05 Å². The van der Waals surface area contributed by atoms with Gasteiger partial charge in [0.2, 0.25) is 25.8 Å². The first kappa shape index (κ1) is 39.3. The summed E-state index contributed by atoms with van der Waals surface area (Å²) in [6, 6.07) is 19.4. The van der Waals surface area contributed by atoms with Crippen LogP contribution in [0.15, 0.2) is 110 Å². The third-order valence-corrected chi connectivity index (χ3v) is 11.5. The van der Waals surface area contributed by atoms with Crippen molar-refractivity contribution in [3.8, 4) is 11.5 Å². The van der Waals surface area contributed by atoms with E-state index in [1.54, 1.807) is 18.2 Å². The molecule has 2 atom stereocenters. The van der Waals surface area contributed by atoms with Crippen LogP contribution in [0.1, 0.15) is 43.2 Å². The fraction of sp³-hybridized carbons (Fsp3) is 0.286. The predicted octanol–water partition coefficient (Wildman–Crippen LogP) is 6.66. The van der Waals surface area contributed by atoms with E-state index in [2.05, 4.69) is 10.3 Å². The van der Waals surface area contributed by atoms with Gasteiger partial charge in [-0.1, -0.05) is 31.7 Å². The highest BCUT2D eigenvalue weighted by Crippen LogP contribution is 2.38. The van der Waals surface area contributed by atoms with Gasteiger partial charge in [0.25, 0.3) is 0 Å². The van der Waals surface area contributed by atoms with Gasteiger partial charge in [0.1, 0.15) is 23.1 Å². The predicted molar refractivity (Wildman–Crippen MR) is 183 cm³/mol. The zero-order chi connectivity index (χ0) is 33.6. The van der Waals surface area contributed by atoms with Crippen molar-refractivity contribution in [3.63, 3.8) is 0 Å². The maximum Gasteiger partial charge on any atom is 0.234 e. The van der Waals surface area contributed by atoms with E-state index in [1.165, 1.54) is 60.7 Å². The number of benzene rings is 4. The molecule has 2 heterocycles. The molecule has 1 N–H and O–H groups in total. The second-order valence-corrected chi connectivity index (χ2v) is 14.9. The number of carbonyl (C=O) groups excluding carboxylic acids is 1. The Labute approximate surface area is 291 Å². The maximum absolute atomic E-state index is 13.3. The largest absolute Gasteiger partial charge is 0.493 e. The monoisotopic (exact) mass is 734 g/mol. The van der Waals surface area contributed by atoms with Gasteiger partial charge in [-0.25, -0.2) is 35.4 Å². The minimum atomic E-state index is -3.84. The van der Waals surface area contributed by atoms with Crippen molar-refractivity contribution in [2.24, 2.45) is 4.99 Å². The Balaban J connectivity index is 0.000000255. The molecular formula is C35H37ClF2N2O7S2. The Morgan fingerprint density at radius 2 is 1.18 bits per heavy atom. The highest BCUT2D eigenvalue weighted by molar-refractivity contribution is 7.91. The van der Waals surface area contributed by atoms with Crippen LogP contribution in [0, 0.1) is 11.6 Å². The van der Waals surface area contributed by atoms with Crippen molar-refractivity contribution in [1.29, 1.82) is 0 Å². The van der Waals surface area contributed by atoms with Crippen LogP contribution in [0.2, 0.25) is 0 Å². The summed E-state index contributed by atoms with van der Waals surface area (Å²) < 4.78 is 88.4. The molecule has 6 rings (SSSR count). The average Bonchev–Trinajstić information content (AvgIpc) is 3.07. The van der Waals surface area contributed by atoms with Gasteiger partial charge < -0.3 is 14.8 Å². The molecule has 2 aliphatic rings. The number of likely N-dealkylation sites (N-methyl/N-ethyl adjacent to an activating group) is 1. The number of halogens is 3. The van der Waals surface area contributed by atoms with Crippen molar-refractivity contribution in [2.75, 3.05) is 33.4 Å². The molecule has 0 aromatic heterocycles. The fourth-order valence-electron chi connectivity index (χ4n) is 5.56. The van der Waals surface area contributed by atoms with Crippen molar-refractivity contribution >= 4 is 38.2 Å². The van der Waals surface area contributed by atoms with Crippen LogP contribution in [0.25, 0.3) is 0 Å². The number of sulfone groups is 2. The Morgan fingerprint density at radius 1 is 0.735 bits per heavy atom. The lowest BCUT2D eigenvalue weighted by molar-refractivity contribution is 0.265. The number of fused-ring (bicyclic) bond motifs is 2. The molecule has 0 aliphatic carbocycles. The molecule has 0 saturated carbocycles. The minimum absolute atomic E-state index is 0. The van der Waals surface area contributed by atoms with Gasteiger partial charge >= 0.3 is 0 Å². The number of hydrogen-bond acceptors (Lipinski definition) is 9. The first-order valence-corrected chi connectivity index (χ1v) is 17.7. The smallest absolute Gasteiger partial charge is 0.234 e. The van der Waals surface area contributed by atoms with Crippen LogP contribution in [-0.2, 0) is 24.5 Å². The second kappa shape index (κ2) is 17.0. The molecule has 2 unspecified atom stereocenters. The number of aliphatic imine (C=N–C) groups is 1. The summed E-state index contributed by atoms with van der Waals surface area (Å²) in [7, 11) is -5.71. The van der Waals surface area contributed by atoms with Crippen molar-refractivity contribution in [1.82, 2.24) is 5.32 Å². The van der Waals surface area contributed by atoms with Gasteiger partial charge in [-0.3, -0.25) is 0 Å². The molecule has 0 bridgehead atoms. The van der Waals surface area contributed by atoms with Gasteiger partial charge in [0.05, 0.1) is 39.3 Å². The minimum Gasteiger partial charge on any atom is -0.493 e. The van der Waals surface area contributed by atoms with Crippen LogP contribution in [-0.4, -0.2) is 56.3 Å². The molecule has 2 aliphatic heterocycles. The number of ether oxygens (including phenoxy) is 2. The fourth-order valence-corrected chi connectivity index (χ4v) is 8.17. The van der Waals surface area contributed by atoms with Crippen molar-refractivity contribution in [3.05, 3.63) is 108 Å². The molecule has 0 radical (unpaired) electrons. The molecule has 49 heavy (non-hydrogen) atoms. The number of isocyanates is 1. The second-order valence-electron chi connectivity index (χ2n) is 11.0. The molecule has 0 saturated heterocycles. The lowest BCUT2D eigenvalue weighted by Gasteiger charge is -2.26. The molecule has 9 nitrogen and oxygen atoms in total. The number of hydrogen-bond donors (Lipinski definition) is 1. The Hall–Kier alpha value is -4.13. The summed E-state index contributed by atoms with van der Waals surface area (Å²) in [6.07, 6.45) is 3.09. The first-order valence-electron chi connectivity index (χ1n) is 14.8. The molecule has 4 aromatic carbocycles. The third-order valence-electron chi connectivity index (χ3n) is 7.96. The molecule has 14 heteroatoms. The Morgan fingerprint density at radius 3 is 1.63 bits per heavy atom. The standard InChI is InChI=1S/C17H14FNO4S.C17H18FNO3S.CH4.ClH/c18-13-2-1-3-14(8-13)24(21,22)15-4-5-16-12(10-19-11-20)6-7-23-17(16)9-15;1-19-11-12-7-8-22-17-10-15(5-6-16(12)17)23(20,21)14-4-2-3-13(18)9-14;;/h1-5,8-9,12H,6-7,10H2;2-6,9-10,12,19H,7-8,11H2,1H3;1H4;1H. The van der Waals surface area contributed by atoms with E-state index in [0.717, 1.165) is 36.2 Å². The van der Waals surface area contributed by atoms with E-state index in [0.29, 0.717) is 37.1 Å². The summed E-state index contributed by atoms with van der Waals surface area (Å²) in [5, 5.41) is 3.14. The molecule has 262 valence electrons. The Kier molecular flexibility index (Phi) is 13.6. The molecule has 4 aromatic rings. The summed E-state index contributed by atoms with van der Waals surface area (Å²) >= 11 is 0. The van der Waals surface area contributed by atoms with E-state index in [-0.39, 0.29) is 51.9 Å². The van der Waals surface area contributed by atoms with Gasteiger partial charge in [0.15, 0.2) is 0 Å². The topological polar surface area (TPSA) is 128 Å². The average molecular weight is 735 g/mol. The third kappa shape index (κ3) is 8.92. The van der Waals surface area contributed by atoms with Crippen LogP contribution in [0.3, 0.4) is 0 Å². The lowest BCUT2D eigenvalue weighted by Crippen LogP contribution is -2.23. The van der Waals surface area contributed by atoms with Gasteiger partial charge in [-0.05, 0) is 91.7 Å². The molecular weight excluding hydrogens is 698 g/mol. The Bertz CT molecular complexity index is 2040. The highest BCUT2D eigenvalue weighted by atomic mass is 35.5. The first-order chi connectivity index (χ1) is 22.5. The van der Waals surface area contributed by atoms with Crippen LogP contribution in [0.5, 0.6) is 11.5 Å².